The molecule has 7 heteroatoms. The van der Waals surface area contributed by atoms with Crippen LogP contribution in [-0.2, 0) is 11.2 Å². The number of amides is 1. The molecule has 0 aliphatic carbocycles. The molecule has 0 spiro atoms. The molecule has 1 amide bonds. The van der Waals surface area contributed by atoms with Gasteiger partial charge in [0.05, 0.1) is 11.9 Å². The molecule has 0 aliphatic rings. The van der Waals surface area contributed by atoms with Crippen molar-refractivity contribution in [2.45, 2.75) is 6.42 Å². The number of H-pyrrole nitrogens is 1. The maximum Gasteiger partial charge on any atom is 0.269 e. The van der Waals surface area contributed by atoms with Crippen molar-refractivity contribution in [3.05, 3.63) is 58.1 Å². The molecule has 3 rings (SSSR count). The van der Waals surface area contributed by atoms with Gasteiger partial charge in [-0.2, -0.15) is 0 Å². The second kappa shape index (κ2) is 6.40. The Morgan fingerprint density at radius 1 is 1.09 bits per heavy atom. The van der Waals surface area contributed by atoms with Gasteiger partial charge in [-0.05, 0) is 35.9 Å². The molecule has 0 unspecified atom stereocenters. The number of halogens is 2. The van der Waals surface area contributed by atoms with Crippen molar-refractivity contribution >= 4 is 45.7 Å². The van der Waals surface area contributed by atoms with E-state index in [1.165, 1.54) is 0 Å². The lowest BCUT2D eigenvalue weighted by Crippen LogP contribution is -1.97. The number of carbonyl (C=O) groups is 1. The van der Waals surface area contributed by atoms with Gasteiger partial charge in [0.2, 0.25) is 5.88 Å². The van der Waals surface area contributed by atoms with Crippen LogP contribution in [0.15, 0.2) is 52.7 Å². The second-order valence-corrected chi connectivity index (χ2v) is 5.78. The quantitative estimate of drug-likeness (QED) is 0.651. The first-order chi connectivity index (χ1) is 11.0. The summed E-state index contributed by atoms with van der Waals surface area (Å²) in [6.07, 6.45) is 0.102. The lowest BCUT2D eigenvalue weighted by atomic mass is 10.1. The van der Waals surface area contributed by atoms with Crippen LogP contribution in [-0.4, -0.2) is 16.0 Å². The van der Waals surface area contributed by atoms with Gasteiger partial charge in [-0.25, -0.2) is 0 Å². The summed E-state index contributed by atoms with van der Waals surface area (Å²) in [4.78, 5) is 14.6. The number of azo groups is 1. The molecule has 0 saturated carbocycles. The zero-order valence-corrected chi connectivity index (χ0v) is 13.3. The topological polar surface area (TPSA) is 77.8 Å². The predicted octanol–water partition coefficient (Wildman–Crippen LogP) is 5.03. The highest BCUT2D eigenvalue weighted by molar-refractivity contribution is 6.31. The van der Waals surface area contributed by atoms with Gasteiger partial charge in [0.25, 0.3) is 5.91 Å². The number of aromatic hydroxyl groups is 1. The molecule has 1 heterocycles. The highest BCUT2D eigenvalue weighted by Gasteiger charge is 2.11. The number of hydrogen-bond acceptors (Lipinski definition) is 3. The molecule has 2 N–H and O–H groups in total. The summed E-state index contributed by atoms with van der Waals surface area (Å²) < 4.78 is 0. The minimum atomic E-state index is -0.428. The third-order valence-corrected chi connectivity index (χ3v) is 3.73. The Bertz CT molecular complexity index is 902. The first kappa shape index (κ1) is 15.5. The SMILES string of the molecule is O=C(Cc1ccc(Cl)cc1)N=Nc1c(O)[nH]c2ccc(Cl)cc12. The largest absolute Gasteiger partial charge is 0.493 e. The molecule has 0 fully saturated rings. The zero-order chi connectivity index (χ0) is 16.4. The zero-order valence-electron chi connectivity index (χ0n) is 11.8. The van der Waals surface area contributed by atoms with E-state index in [1.807, 2.05) is 0 Å². The number of rotatable bonds is 3. The summed E-state index contributed by atoms with van der Waals surface area (Å²) in [6.45, 7) is 0. The number of benzene rings is 2. The average Bonchev–Trinajstić information content (AvgIpc) is 2.82. The first-order valence-electron chi connectivity index (χ1n) is 6.72. The summed E-state index contributed by atoms with van der Waals surface area (Å²) in [7, 11) is 0. The van der Waals surface area contributed by atoms with E-state index in [2.05, 4.69) is 15.2 Å². The molecule has 23 heavy (non-hydrogen) atoms. The van der Waals surface area contributed by atoms with Crippen molar-refractivity contribution in [2.75, 3.05) is 0 Å². The Balaban J connectivity index is 1.82. The molecule has 116 valence electrons. The fourth-order valence-corrected chi connectivity index (χ4v) is 2.45. The van der Waals surface area contributed by atoms with E-state index in [0.717, 1.165) is 5.56 Å². The lowest BCUT2D eigenvalue weighted by Gasteiger charge is -1.97. The second-order valence-electron chi connectivity index (χ2n) is 4.91. The van der Waals surface area contributed by atoms with Crippen LogP contribution in [0.4, 0.5) is 5.69 Å². The minimum absolute atomic E-state index is 0.102. The first-order valence-corrected chi connectivity index (χ1v) is 7.48. The Morgan fingerprint density at radius 2 is 1.78 bits per heavy atom. The van der Waals surface area contributed by atoms with Gasteiger partial charge in [0.1, 0.15) is 0 Å². The number of aromatic nitrogens is 1. The number of aromatic amines is 1. The van der Waals surface area contributed by atoms with E-state index in [9.17, 15) is 9.90 Å². The van der Waals surface area contributed by atoms with Crippen LogP contribution in [0, 0.1) is 0 Å². The van der Waals surface area contributed by atoms with E-state index >= 15 is 0 Å². The molecule has 0 bridgehead atoms. The van der Waals surface area contributed by atoms with Crippen LogP contribution >= 0.6 is 23.2 Å². The molecule has 5 nitrogen and oxygen atoms in total. The number of hydrogen-bond donors (Lipinski definition) is 2. The van der Waals surface area contributed by atoms with Crippen molar-refractivity contribution in [1.29, 1.82) is 0 Å². The fourth-order valence-electron chi connectivity index (χ4n) is 2.15. The van der Waals surface area contributed by atoms with Gasteiger partial charge in [-0.3, -0.25) is 4.79 Å². The lowest BCUT2D eigenvalue weighted by molar-refractivity contribution is -0.117. The molecule has 0 atom stereocenters. The Hall–Kier alpha value is -2.37. The highest BCUT2D eigenvalue weighted by atomic mass is 35.5. The normalized spacial score (nSPS) is 11.4. The van der Waals surface area contributed by atoms with Crippen LogP contribution < -0.4 is 0 Å². The molecule has 3 aromatic rings. The van der Waals surface area contributed by atoms with Crippen LogP contribution in [0.2, 0.25) is 10.0 Å². The number of nitrogens with one attached hydrogen (secondary N) is 1. The molecule has 0 saturated heterocycles. The van der Waals surface area contributed by atoms with Gasteiger partial charge >= 0.3 is 0 Å². The van der Waals surface area contributed by atoms with Crippen LogP contribution in [0.5, 0.6) is 5.88 Å². The van der Waals surface area contributed by atoms with Crippen molar-refractivity contribution < 1.29 is 9.90 Å². The van der Waals surface area contributed by atoms with E-state index in [1.54, 1.807) is 42.5 Å². The molecule has 1 aromatic heterocycles. The van der Waals surface area contributed by atoms with E-state index in [-0.39, 0.29) is 18.0 Å². The van der Waals surface area contributed by atoms with E-state index in [4.69, 9.17) is 23.2 Å². The Morgan fingerprint density at radius 3 is 2.52 bits per heavy atom. The van der Waals surface area contributed by atoms with Crippen molar-refractivity contribution in [3.8, 4) is 5.88 Å². The predicted molar refractivity (Wildman–Crippen MR) is 89.7 cm³/mol. The Kier molecular flexibility index (Phi) is 4.32. The van der Waals surface area contributed by atoms with Gasteiger partial charge in [-0.15, -0.1) is 10.2 Å². The maximum absolute atomic E-state index is 11.9. The van der Waals surface area contributed by atoms with Crippen LogP contribution in [0.25, 0.3) is 10.9 Å². The maximum atomic E-state index is 11.9. The molecule has 0 aliphatic heterocycles. The van der Waals surface area contributed by atoms with Crippen molar-refractivity contribution in [3.63, 3.8) is 0 Å². The monoisotopic (exact) mass is 347 g/mol. The van der Waals surface area contributed by atoms with Crippen LogP contribution in [0.3, 0.4) is 0 Å². The summed E-state index contributed by atoms with van der Waals surface area (Å²) in [5.74, 6) is -0.589. The fraction of sp³-hybridized carbons (Fsp3) is 0.0625. The summed E-state index contributed by atoms with van der Waals surface area (Å²) in [6, 6.07) is 11.9. The summed E-state index contributed by atoms with van der Waals surface area (Å²) in [5, 5.41) is 19.1. The van der Waals surface area contributed by atoms with Crippen molar-refractivity contribution in [1.82, 2.24) is 4.98 Å². The summed E-state index contributed by atoms with van der Waals surface area (Å²) >= 11 is 11.7. The average molecular weight is 348 g/mol. The highest BCUT2D eigenvalue weighted by Crippen LogP contribution is 2.36. The van der Waals surface area contributed by atoms with Gasteiger partial charge < -0.3 is 10.1 Å². The standard InChI is InChI=1S/C16H11Cl2N3O2/c17-10-3-1-9(2-4-10)7-14(22)20-21-15-12-8-11(18)5-6-13(12)19-16(15)23/h1-6,8,19,23H,7H2. The number of carbonyl (C=O) groups excluding carboxylic acids is 1. The molecular weight excluding hydrogens is 337 g/mol. The molecular formula is C16H11Cl2N3O2. The molecule has 2 aromatic carbocycles. The number of nitrogens with zero attached hydrogens (tertiary/aromatic N) is 2. The van der Waals surface area contributed by atoms with Gasteiger partial charge in [0.15, 0.2) is 5.69 Å². The van der Waals surface area contributed by atoms with Crippen LogP contribution in [0.1, 0.15) is 5.56 Å². The smallest absolute Gasteiger partial charge is 0.269 e. The third-order valence-electron chi connectivity index (χ3n) is 3.24. The van der Waals surface area contributed by atoms with E-state index < -0.39 is 5.91 Å². The van der Waals surface area contributed by atoms with Gasteiger partial charge in [-0.1, -0.05) is 35.3 Å². The Labute approximate surface area is 141 Å². The summed E-state index contributed by atoms with van der Waals surface area (Å²) in [5.41, 5.74) is 1.63. The minimum Gasteiger partial charge on any atom is -0.493 e. The molecule has 0 radical (unpaired) electrons. The van der Waals surface area contributed by atoms with Gasteiger partial charge in [0, 0.05) is 15.4 Å². The third kappa shape index (κ3) is 3.52. The number of fused-ring (bicyclic) bond motifs is 1. The van der Waals surface area contributed by atoms with Crippen molar-refractivity contribution in [2.24, 2.45) is 10.2 Å². The van der Waals surface area contributed by atoms with E-state index in [0.29, 0.717) is 20.9 Å².